The van der Waals surface area contributed by atoms with Crippen molar-refractivity contribution < 1.29 is 9.66 Å². The Kier molecular flexibility index (Phi) is 6.71. The lowest BCUT2D eigenvalue weighted by Crippen LogP contribution is -2.19. The lowest BCUT2D eigenvalue weighted by molar-refractivity contribution is -0.384. The molecule has 0 fully saturated rings. The summed E-state index contributed by atoms with van der Waals surface area (Å²) in [5.41, 5.74) is 3.32. The second-order valence-electron chi connectivity index (χ2n) is 6.05. The van der Waals surface area contributed by atoms with Gasteiger partial charge in [-0.15, -0.1) is 0 Å². The Labute approximate surface area is 148 Å². The van der Waals surface area contributed by atoms with E-state index in [1.54, 1.807) is 24.3 Å². The molecular formula is C20H24N2O3. The summed E-state index contributed by atoms with van der Waals surface area (Å²) >= 11 is 0. The van der Waals surface area contributed by atoms with Crippen LogP contribution in [0.5, 0.6) is 5.75 Å². The zero-order valence-corrected chi connectivity index (χ0v) is 14.9. The normalized spacial score (nSPS) is 11.6. The summed E-state index contributed by atoms with van der Waals surface area (Å²) in [5, 5.41) is 10.8. The third kappa shape index (κ3) is 5.72. The highest BCUT2D eigenvalue weighted by molar-refractivity contribution is 5.81. The van der Waals surface area contributed by atoms with E-state index in [2.05, 4.69) is 17.9 Å². The van der Waals surface area contributed by atoms with Gasteiger partial charge in [-0.1, -0.05) is 25.1 Å². The van der Waals surface area contributed by atoms with Crippen LogP contribution in [0, 0.1) is 10.1 Å². The lowest BCUT2D eigenvalue weighted by atomic mass is 10.0. The summed E-state index contributed by atoms with van der Waals surface area (Å²) in [6, 6.07) is 14.6. The van der Waals surface area contributed by atoms with Gasteiger partial charge in [-0.05, 0) is 61.5 Å². The van der Waals surface area contributed by atoms with Crippen LogP contribution >= 0.6 is 0 Å². The van der Waals surface area contributed by atoms with Gasteiger partial charge in [0.05, 0.1) is 4.92 Å². The molecule has 0 aromatic heterocycles. The molecule has 2 aromatic rings. The molecule has 0 bridgehead atoms. The fraction of sp³-hybridized carbons (Fsp3) is 0.300. The van der Waals surface area contributed by atoms with Gasteiger partial charge < -0.3 is 9.64 Å². The van der Waals surface area contributed by atoms with Crippen molar-refractivity contribution in [1.82, 2.24) is 4.90 Å². The number of allylic oxidation sites excluding steroid dienone is 1. The molecule has 0 aliphatic rings. The highest BCUT2D eigenvalue weighted by atomic mass is 16.6. The van der Waals surface area contributed by atoms with E-state index in [1.807, 2.05) is 38.4 Å². The van der Waals surface area contributed by atoms with Gasteiger partial charge in [-0.25, -0.2) is 0 Å². The van der Waals surface area contributed by atoms with Crippen LogP contribution in [0.2, 0.25) is 0 Å². The van der Waals surface area contributed by atoms with E-state index in [4.69, 9.17) is 4.74 Å². The zero-order chi connectivity index (χ0) is 18.2. The van der Waals surface area contributed by atoms with Crippen LogP contribution in [0.25, 0.3) is 11.6 Å². The van der Waals surface area contributed by atoms with Gasteiger partial charge in [0.25, 0.3) is 5.69 Å². The molecule has 5 nitrogen and oxygen atoms in total. The quantitative estimate of drug-likeness (QED) is 0.404. The van der Waals surface area contributed by atoms with Gasteiger partial charge in [0.1, 0.15) is 12.4 Å². The Hall–Kier alpha value is -2.66. The van der Waals surface area contributed by atoms with Gasteiger partial charge in [-0.2, -0.15) is 0 Å². The van der Waals surface area contributed by atoms with E-state index in [-0.39, 0.29) is 10.6 Å². The zero-order valence-electron chi connectivity index (χ0n) is 14.9. The predicted molar refractivity (Wildman–Crippen MR) is 102 cm³/mol. The van der Waals surface area contributed by atoms with Crippen LogP contribution in [0.15, 0.2) is 48.5 Å². The standard InChI is InChI=1S/C20H24N2O3/c1-4-17(18-7-9-19(10-8-18)22(23)24)15-16-5-11-20(12-6-16)25-14-13-21(2)3/h5-12,15H,4,13-14H2,1-3H3. The van der Waals surface area contributed by atoms with E-state index < -0.39 is 0 Å². The number of rotatable bonds is 8. The molecule has 2 rings (SSSR count). The van der Waals surface area contributed by atoms with Gasteiger partial charge in [0.2, 0.25) is 0 Å². The smallest absolute Gasteiger partial charge is 0.269 e. The summed E-state index contributed by atoms with van der Waals surface area (Å²) in [6.45, 7) is 3.61. The molecule has 132 valence electrons. The van der Waals surface area contributed by atoms with Crippen LogP contribution < -0.4 is 4.74 Å². The van der Waals surface area contributed by atoms with E-state index in [9.17, 15) is 10.1 Å². The molecular weight excluding hydrogens is 316 g/mol. The Balaban J connectivity index is 2.09. The minimum Gasteiger partial charge on any atom is -0.492 e. The molecule has 0 atom stereocenters. The average molecular weight is 340 g/mol. The van der Waals surface area contributed by atoms with Gasteiger partial charge >= 0.3 is 0 Å². The Morgan fingerprint density at radius 2 is 1.76 bits per heavy atom. The topological polar surface area (TPSA) is 55.6 Å². The number of likely N-dealkylation sites (N-methyl/N-ethyl adjacent to an activating group) is 1. The summed E-state index contributed by atoms with van der Waals surface area (Å²) < 4.78 is 5.70. The second kappa shape index (κ2) is 8.99. The fourth-order valence-electron chi connectivity index (χ4n) is 2.39. The van der Waals surface area contributed by atoms with E-state index >= 15 is 0 Å². The van der Waals surface area contributed by atoms with Crippen molar-refractivity contribution in [2.45, 2.75) is 13.3 Å². The summed E-state index contributed by atoms with van der Waals surface area (Å²) in [5.74, 6) is 0.854. The molecule has 0 saturated carbocycles. The number of nitro groups is 1. The third-order valence-electron chi connectivity index (χ3n) is 3.86. The van der Waals surface area contributed by atoms with Crippen molar-refractivity contribution in [2.75, 3.05) is 27.2 Å². The Morgan fingerprint density at radius 1 is 1.12 bits per heavy atom. The molecule has 0 heterocycles. The molecule has 0 spiro atoms. The lowest BCUT2D eigenvalue weighted by Gasteiger charge is -2.11. The van der Waals surface area contributed by atoms with Crippen molar-refractivity contribution in [2.24, 2.45) is 0 Å². The first-order valence-corrected chi connectivity index (χ1v) is 8.32. The predicted octanol–water partition coefficient (Wildman–Crippen LogP) is 4.49. The minimum absolute atomic E-state index is 0.110. The number of non-ortho nitro benzene ring substituents is 1. The highest BCUT2D eigenvalue weighted by Gasteiger charge is 2.06. The van der Waals surface area contributed by atoms with Crippen molar-refractivity contribution in [3.8, 4) is 5.75 Å². The summed E-state index contributed by atoms with van der Waals surface area (Å²) in [7, 11) is 4.03. The van der Waals surface area contributed by atoms with Crippen molar-refractivity contribution >= 4 is 17.3 Å². The monoisotopic (exact) mass is 340 g/mol. The molecule has 0 unspecified atom stereocenters. The molecule has 0 amide bonds. The minimum atomic E-state index is -0.381. The SMILES string of the molecule is CCC(=Cc1ccc(OCCN(C)C)cc1)c1ccc([N+](=O)[O-])cc1. The maximum atomic E-state index is 10.8. The second-order valence-corrected chi connectivity index (χ2v) is 6.05. The van der Waals surface area contributed by atoms with Gasteiger partial charge in [0, 0.05) is 18.7 Å². The maximum absolute atomic E-state index is 10.8. The number of nitro benzene ring substituents is 1. The largest absolute Gasteiger partial charge is 0.492 e. The first-order chi connectivity index (χ1) is 12.0. The molecule has 0 radical (unpaired) electrons. The molecule has 25 heavy (non-hydrogen) atoms. The fourth-order valence-corrected chi connectivity index (χ4v) is 2.39. The first kappa shape index (κ1) is 18.7. The number of nitrogens with zero attached hydrogens (tertiary/aromatic N) is 2. The molecule has 0 saturated heterocycles. The molecule has 0 aliphatic carbocycles. The average Bonchev–Trinajstić information content (AvgIpc) is 2.60. The van der Waals surface area contributed by atoms with Gasteiger partial charge in [0.15, 0.2) is 0 Å². The summed E-state index contributed by atoms with van der Waals surface area (Å²) in [6.07, 6.45) is 2.95. The molecule has 2 aromatic carbocycles. The molecule has 5 heteroatoms. The highest BCUT2D eigenvalue weighted by Crippen LogP contribution is 2.24. The number of ether oxygens (including phenoxy) is 1. The van der Waals surface area contributed by atoms with Crippen LogP contribution in [0.1, 0.15) is 24.5 Å². The van der Waals surface area contributed by atoms with Crippen molar-refractivity contribution in [3.05, 3.63) is 69.8 Å². The summed E-state index contributed by atoms with van der Waals surface area (Å²) in [4.78, 5) is 12.5. The maximum Gasteiger partial charge on any atom is 0.269 e. The number of benzene rings is 2. The number of hydrogen-bond donors (Lipinski definition) is 0. The van der Waals surface area contributed by atoms with Crippen LogP contribution in [-0.2, 0) is 0 Å². The van der Waals surface area contributed by atoms with Crippen molar-refractivity contribution in [3.63, 3.8) is 0 Å². The van der Waals surface area contributed by atoms with Gasteiger partial charge in [-0.3, -0.25) is 10.1 Å². The van der Waals surface area contributed by atoms with E-state index in [0.29, 0.717) is 6.61 Å². The Morgan fingerprint density at radius 3 is 2.28 bits per heavy atom. The van der Waals surface area contributed by atoms with Crippen LogP contribution in [0.3, 0.4) is 0 Å². The van der Waals surface area contributed by atoms with Crippen LogP contribution in [0.4, 0.5) is 5.69 Å². The first-order valence-electron chi connectivity index (χ1n) is 8.32. The number of hydrogen-bond acceptors (Lipinski definition) is 4. The molecule has 0 aliphatic heterocycles. The Bertz CT molecular complexity index is 720. The van der Waals surface area contributed by atoms with Crippen molar-refractivity contribution in [1.29, 1.82) is 0 Å². The van der Waals surface area contributed by atoms with Crippen LogP contribution in [-0.4, -0.2) is 37.1 Å². The van der Waals surface area contributed by atoms with E-state index in [0.717, 1.165) is 35.4 Å². The third-order valence-corrected chi connectivity index (χ3v) is 3.86. The van der Waals surface area contributed by atoms with E-state index in [1.165, 1.54) is 0 Å². The molecule has 0 N–H and O–H groups in total.